The van der Waals surface area contributed by atoms with Crippen molar-refractivity contribution < 1.29 is 32.2 Å². The third kappa shape index (κ3) is 3.43. The highest BCUT2D eigenvalue weighted by atomic mass is 19.4. The van der Waals surface area contributed by atoms with Gasteiger partial charge in [0.15, 0.2) is 0 Å². The van der Waals surface area contributed by atoms with E-state index in [2.05, 4.69) is 0 Å². The van der Waals surface area contributed by atoms with Gasteiger partial charge in [0.05, 0.1) is 21.3 Å². The first kappa shape index (κ1) is 14.9. The molecule has 0 spiro atoms. The largest absolute Gasteiger partial charge is 0.496 e. The second-order valence-electron chi connectivity index (χ2n) is 3.36. The molecule has 0 aliphatic heterocycles. The highest BCUT2D eigenvalue weighted by molar-refractivity contribution is 5.97. The van der Waals surface area contributed by atoms with Crippen LogP contribution in [0.3, 0.4) is 0 Å². The van der Waals surface area contributed by atoms with Crippen LogP contribution in [0.15, 0.2) is 12.1 Å². The predicted molar refractivity (Wildman–Crippen MR) is 60.8 cm³/mol. The Bertz CT molecular complexity index is 448. The van der Waals surface area contributed by atoms with Crippen molar-refractivity contribution in [1.29, 1.82) is 0 Å². The topological polar surface area (TPSA) is 56.8 Å². The number of anilines is 1. The Morgan fingerprint density at radius 1 is 1.05 bits per heavy atom. The minimum atomic E-state index is -5.00. The maximum atomic E-state index is 12.2. The number of halogens is 3. The van der Waals surface area contributed by atoms with Crippen LogP contribution in [0.2, 0.25) is 0 Å². The standard InChI is InChI=1S/C11H12F3NO4/c1-17-6-4-7(18-2)9(8(5-6)19-3)15-10(16)11(12,13)14/h4-5H,1-3H3,(H,15,16). The first-order chi connectivity index (χ1) is 8.83. The number of amides is 1. The van der Waals surface area contributed by atoms with Crippen molar-refractivity contribution in [2.45, 2.75) is 6.18 Å². The molecule has 19 heavy (non-hydrogen) atoms. The van der Waals surface area contributed by atoms with E-state index in [0.29, 0.717) is 5.75 Å². The summed E-state index contributed by atoms with van der Waals surface area (Å²) in [6, 6.07) is 2.66. The van der Waals surface area contributed by atoms with Crippen LogP contribution in [0.25, 0.3) is 0 Å². The van der Waals surface area contributed by atoms with Crippen LogP contribution in [-0.4, -0.2) is 33.4 Å². The number of rotatable bonds is 4. The minimum absolute atomic E-state index is 0.00574. The molecule has 0 aromatic heterocycles. The van der Waals surface area contributed by atoms with E-state index in [-0.39, 0.29) is 17.2 Å². The Kier molecular flexibility index (Phi) is 4.47. The van der Waals surface area contributed by atoms with Gasteiger partial charge in [0.2, 0.25) is 0 Å². The van der Waals surface area contributed by atoms with E-state index in [1.807, 2.05) is 0 Å². The van der Waals surface area contributed by atoms with E-state index in [1.165, 1.54) is 33.5 Å². The Morgan fingerprint density at radius 3 is 1.84 bits per heavy atom. The van der Waals surface area contributed by atoms with E-state index in [0.717, 1.165) is 0 Å². The molecule has 1 aromatic carbocycles. The molecule has 0 heterocycles. The highest BCUT2D eigenvalue weighted by Crippen LogP contribution is 2.39. The SMILES string of the molecule is COc1cc(OC)c(NC(=O)C(F)(F)F)c(OC)c1. The van der Waals surface area contributed by atoms with Gasteiger partial charge in [-0.3, -0.25) is 4.79 Å². The molecule has 0 saturated carbocycles. The van der Waals surface area contributed by atoms with Crippen LogP contribution in [0.4, 0.5) is 18.9 Å². The zero-order chi connectivity index (χ0) is 14.6. The van der Waals surface area contributed by atoms with E-state index in [9.17, 15) is 18.0 Å². The Balaban J connectivity index is 3.21. The van der Waals surface area contributed by atoms with Crippen molar-refractivity contribution in [2.75, 3.05) is 26.6 Å². The van der Waals surface area contributed by atoms with Gasteiger partial charge in [-0.2, -0.15) is 13.2 Å². The summed E-state index contributed by atoms with van der Waals surface area (Å²) >= 11 is 0. The molecule has 1 aromatic rings. The quantitative estimate of drug-likeness (QED) is 0.918. The van der Waals surface area contributed by atoms with Crippen LogP contribution >= 0.6 is 0 Å². The predicted octanol–water partition coefficient (Wildman–Crippen LogP) is 2.21. The van der Waals surface area contributed by atoms with E-state index >= 15 is 0 Å². The van der Waals surface area contributed by atoms with Gasteiger partial charge in [-0.25, -0.2) is 0 Å². The zero-order valence-electron chi connectivity index (χ0n) is 10.4. The van der Waals surface area contributed by atoms with Crippen LogP contribution in [0.5, 0.6) is 17.2 Å². The van der Waals surface area contributed by atoms with E-state index in [4.69, 9.17) is 14.2 Å². The second-order valence-corrected chi connectivity index (χ2v) is 3.36. The molecule has 0 fully saturated rings. The van der Waals surface area contributed by atoms with Crippen molar-refractivity contribution >= 4 is 11.6 Å². The van der Waals surface area contributed by atoms with Crippen molar-refractivity contribution in [1.82, 2.24) is 0 Å². The van der Waals surface area contributed by atoms with Crippen molar-refractivity contribution in [3.8, 4) is 17.2 Å². The summed E-state index contributed by atoms with van der Waals surface area (Å²) < 4.78 is 51.4. The van der Waals surface area contributed by atoms with Crippen molar-refractivity contribution in [3.63, 3.8) is 0 Å². The number of benzene rings is 1. The van der Waals surface area contributed by atoms with Crippen LogP contribution < -0.4 is 19.5 Å². The smallest absolute Gasteiger partial charge is 0.471 e. The number of nitrogens with one attached hydrogen (secondary N) is 1. The monoisotopic (exact) mass is 279 g/mol. The molecule has 0 aliphatic carbocycles. The van der Waals surface area contributed by atoms with Crippen LogP contribution in [0, 0.1) is 0 Å². The normalized spacial score (nSPS) is 10.8. The maximum absolute atomic E-state index is 12.2. The summed E-state index contributed by atoms with van der Waals surface area (Å²) in [4.78, 5) is 10.9. The molecule has 8 heteroatoms. The summed E-state index contributed by atoms with van der Waals surface area (Å²) in [6.07, 6.45) is -5.00. The fourth-order valence-corrected chi connectivity index (χ4v) is 1.31. The lowest BCUT2D eigenvalue weighted by atomic mass is 10.2. The summed E-state index contributed by atoms with van der Waals surface area (Å²) in [5, 5.41) is 1.70. The number of carbonyl (C=O) groups excluding carboxylic acids is 1. The van der Waals surface area contributed by atoms with Gasteiger partial charge in [0, 0.05) is 12.1 Å². The number of ether oxygens (including phenoxy) is 3. The molecule has 0 saturated heterocycles. The maximum Gasteiger partial charge on any atom is 0.471 e. The summed E-state index contributed by atoms with van der Waals surface area (Å²) in [5.74, 6) is -1.81. The number of carbonyl (C=O) groups is 1. The van der Waals surface area contributed by atoms with Gasteiger partial charge >= 0.3 is 12.1 Å². The minimum Gasteiger partial charge on any atom is -0.496 e. The molecule has 106 valence electrons. The van der Waals surface area contributed by atoms with Gasteiger partial charge in [-0.15, -0.1) is 0 Å². The van der Waals surface area contributed by atoms with Crippen LogP contribution in [-0.2, 0) is 4.79 Å². The number of hydrogen-bond donors (Lipinski definition) is 1. The molecule has 0 atom stereocenters. The molecular weight excluding hydrogens is 267 g/mol. The first-order valence-electron chi connectivity index (χ1n) is 5.01. The fraction of sp³-hybridized carbons (Fsp3) is 0.364. The average molecular weight is 279 g/mol. The van der Waals surface area contributed by atoms with Gasteiger partial charge < -0.3 is 19.5 Å². The summed E-state index contributed by atoms with van der Waals surface area (Å²) in [6.45, 7) is 0. The number of alkyl halides is 3. The van der Waals surface area contributed by atoms with Gasteiger partial charge in [0.25, 0.3) is 0 Å². The zero-order valence-corrected chi connectivity index (χ0v) is 10.4. The lowest BCUT2D eigenvalue weighted by molar-refractivity contribution is -0.167. The molecule has 0 aliphatic rings. The first-order valence-corrected chi connectivity index (χ1v) is 5.01. The fourth-order valence-electron chi connectivity index (χ4n) is 1.31. The van der Waals surface area contributed by atoms with Gasteiger partial charge in [-0.1, -0.05) is 0 Å². The Hall–Kier alpha value is -2.12. The lowest BCUT2D eigenvalue weighted by Crippen LogP contribution is -2.30. The molecule has 0 radical (unpaired) electrons. The molecule has 1 amide bonds. The van der Waals surface area contributed by atoms with Gasteiger partial charge in [-0.05, 0) is 0 Å². The lowest BCUT2D eigenvalue weighted by Gasteiger charge is -2.16. The van der Waals surface area contributed by atoms with E-state index in [1.54, 1.807) is 5.32 Å². The van der Waals surface area contributed by atoms with Crippen molar-refractivity contribution in [3.05, 3.63) is 12.1 Å². The summed E-state index contributed by atoms with van der Waals surface area (Å²) in [7, 11) is 3.87. The Labute approximate surface area is 107 Å². The molecular formula is C11H12F3NO4. The molecule has 1 rings (SSSR count). The molecule has 0 bridgehead atoms. The molecule has 1 N–H and O–H groups in total. The number of hydrogen-bond acceptors (Lipinski definition) is 4. The third-order valence-electron chi connectivity index (χ3n) is 2.21. The van der Waals surface area contributed by atoms with Crippen molar-refractivity contribution in [2.24, 2.45) is 0 Å². The van der Waals surface area contributed by atoms with Crippen LogP contribution in [0.1, 0.15) is 0 Å². The highest BCUT2D eigenvalue weighted by Gasteiger charge is 2.39. The van der Waals surface area contributed by atoms with Gasteiger partial charge in [0.1, 0.15) is 22.9 Å². The Morgan fingerprint density at radius 2 is 1.53 bits per heavy atom. The summed E-state index contributed by atoms with van der Waals surface area (Å²) in [5.41, 5.74) is -0.215. The molecule has 0 unspecified atom stereocenters. The van der Waals surface area contributed by atoms with E-state index < -0.39 is 12.1 Å². The second kappa shape index (κ2) is 5.68. The number of methoxy groups -OCH3 is 3. The third-order valence-corrected chi connectivity index (χ3v) is 2.21. The molecule has 5 nitrogen and oxygen atoms in total. The average Bonchev–Trinajstić information content (AvgIpc) is 2.37.